The Labute approximate surface area is 116 Å². The Morgan fingerprint density at radius 1 is 1.45 bits per heavy atom. The van der Waals surface area contributed by atoms with Gasteiger partial charge in [-0.1, -0.05) is 0 Å². The highest BCUT2D eigenvalue weighted by Gasteiger charge is 2.11. The Morgan fingerprint density at radius 3 is 2.70 bits per heavy atom. The first-order valence-electron chi connectivity index (χ1n) is 6.21. The monoisotopic (exact) mass is 276 g/mol. The zero-order chi connectivity index (χ0) is 14.9. The highest BCUT2D eigenvalue weighted by molar-refractivity contribution is 5.94. The molecule has 1 aromatic carbocycles. The molecule has 0 aliphatic rings. The first-order valence-corrected chi connectivity index (χ1v) is 6.21. The van der Waals surface area contributed by atoms with E-state index in [0.717, 1.165) is 17.3 Å². The van der Waals surface area contributed by atoms with Gasteiger partial charge in [0, 0.05) is 42.2 Å². The summed E-state index contributed by atoms with van der Waals surface area (Å²) in [6.07, 6.45) is 1.89. The maximum atomic E-state index is 13.7. The summed E-state index contributed by atoms with van der Waals surface area (Å²) in [6, 6.07) is 2.71. The third-order valence-electron chi connectivity index (χ3n) is 3.21. The standard InChI is InChI=1S/C14H17FN4O/c1-8-12(15)4-10(14(16)20)5-13(8)17-6-11-7-19(3)18-9(11)2/h4-5,7,17H,6H2,1-3H3,(H2,16,20). The van der Waals surface area contributed by atoms with Gasteiger partial charge < -0.3 is 11.1 Å². The fourth-order valence-corrected chi connectivity index (χ4v) is 2.02. The number of aromatic nitrogens is 2. The number of nitrogens with zero attached hydrogens (tertiary/aromatic N) is 2. The van der Waals surface area contributed by atoms with E-state index < -0.39 is 11.7 Å². The molecule has 0 unspecified atom stereocenters. The second-order valence-electron chi connectivity index (χ2n) is 4.76. The van der Waals surface area contributed by atoms with Gasteiger partial charge in [-0.2, -0.15) is 5.10 Å². The molecule has 0 radical (unpaired) electrons. The molecule has 0 spiro atoms. The molecule has 1 amide bonds. The minimum absolute atomic E-state index is 0.151. The van der Waals surface area contributed by atoms with Crippen molar-refractivity contribution in [3.8, 4) is 0 Å². The molecule has 0 fully saturated rings. The number of nitrogens with one attached hydrogen (secondary N) is 1. The van der Waals surface area contributed by atoms with Crippen LogP contribution < -0.4 is 11.1 Å². The first-order chi connectivity index (χ1) is 9.38. The van der Waals surface area contributed by atoms with Crippen LogP contribution in [0.15, 0.2) is 18.3 Å². The fraction of sp³-hybridized carbons (Fsp3) is 0.286. The topological polar surface area (TPSA) is 72.9 Å². The van der Waals surface area contributed by atoms with Crippen LogP contribution in [0.4, 0.5) is 10.1 Å². The average Bonchev–Trinajstić information content (AvgIpc) is 2.69. The second kappa shape index (κ2) is 5.32. The molecule has 1 heterocycles. The predicted octanol–water partition coefficient (Wildman–Crippen LogP) is 1.89. The number of carbonyl (C=O) groups excluding carboxylic acids is 1. The van der Waals surface area contributed by atoms with Gasteiger partial charge in [-0.05, 0) is 26.0 Å². The van der Waals surface area contributed by atoms with Crippen molar-refractivity contribution in [2.75, 3.05) is 5.32 Å². The normalized spacial score (nSPS) is 10.6. The van der Waals surface area contributed by atoms with Gasteiger partial charge >= 0.3 is 0 Å². The lowest BCUT2D eigenvalue weighted by Gasteiger charge is -2.11. The van der Waals surface area contributed by atoms with Gasteiger partial charge in [0.1, 0.15) is 5.82 Å². The van der Waals surface area contributed by atoms with E-state index in [9.17, 15) is 9.18 Å². The number of nitrogens with two attached hydrogens (primary N) is 1. The maximum absolute atomic E-state index is 13.7. The Kier molecular flexibility index (Phi) is 3.74. The van der Waals surface area contributed by atoms with E-state index >= 15 is 0 Å². The van der Waals surface area contributed by atoms with Crippen molar-refractivity contribution in [1.29, 1.82) is 0 Å². The van der Waals surface area contributed by atoms with Crippen LogP contribution in [0, 0.1) is 19.7 Å². The molecule has 1 aromatic heterocycles. The van der Waals surface area contributed by atoms with Crippen LogP contribution in [-0.4, -0.2) is 15.7 Å². The van der Waals surface area contributed by atoms with E-state index in [0.29, 0.717) is 17.8 Å². The van der Waals surface area contributed by atoms with Gasteiger partial charge in [0.05, 0.1) is 5.69 Å². The Morgan fingerprint density at radius 2 is 2.15 bits per heavy atom. The highest BCUT2D eigenvalue weighted by Crippen LogP contribution is 2.21. The molecular weight excluding hydrogens is 259 g/mol. The molecule has 0 bridgehead atoms. The van der Waals surface area contributed by atoms with Crippen molar-refractivity contribution in [3.63, 3.8) is 0 Å². The molecule has 0 aliphatic carbocycles. The number of carbonyl (C=O) groups is 1. The molecule has 2 aromatic rings. The highest BCUT2D eigenvalue weighted by atomic mass is 19.1. The van der Waals surface area contributed by atoms with Crippen LogP contribution in [0.25, 0.3) is 0 Å². The molecule has 2 rings (SSSR count). The van der Waals surface area contributed by atoms with E-state index in [-0.39, 0.29) is 5.56 Å². The van der Waals surface area contributed by atoms with Gasteiger partial charge in [-0.15, -0.1) is 0 Å². The van der Waals surface area contributed by atoms with Gasteiger partial charge in [0.15, 0.2) is 0 Å². The molecule has 0 atom stereocenters. The third-order valence-corrected chi connectivity index (χ3v) is 3.21. The van der Waals surface area contributed by atoms with Crippen molar-refractivity contribution in [1.82, 2.24) is 9.78 Å². The molecule has 0 aliphatic heterocycles. The van der Waals surface area contributed by atoms with Crippen molar-refractivity contribution < 1.29 is 9.18 Å². The summed E-state index contributed by atoms with van der Waals surface area (Å²) in [5.74, 6) is -1.10. The number of primary amides is 1. The summed E-state index contributed by atoms with van der Waals surface area (Å²) in [6.45, 7) is 4.06. The lowest BCUT2D eigenvalue weighted by molar-refractivity contribution is 0.1000. The van der Waals surface area contributed by atoms with E-state index in [1.54, 1.807) is 17.7 Å². The Hall–Kier alpha value is -2.37. The predicted molar refractivity (Wildman–Crippen MR) is 74.9 cm³/mol. The van der Waals surface area contributed by atoms with E-state index in [1.807, 2.05) is 20.2 Å². The van der Waals surface area contributed by atoms with Crippen LogP contribution in [0.1, 0.15) is 27.2 Å². The molecule has 0 saturated heterocycles. The molecule has 5 nitrogen and oxygen atoms in total. The second-order valence-corrected chi connectivity index (χ2v) is 4.76. The van der Waals surface area contributed by atoms with E-state index in [2.05, 4.69) is 10.4 Å². The Balaban J connectivity index is 2.25. The van der Waals surface area contributed by atoms with Crippen molar-refractivity contribution in [2.45, 2.75) is 20.4 Å². The zero-order valence-electron chi connectivity index (χ0n) is 11.7. The summed E-state index contributed by atoms with van der Waals surface area (Å²) in [4.78, 5) is 11.2. The average molecular weight is 276 g/mol. The van der Waals surface area contributed by atoms with Crippen LogP contribution in [0.5, 0.6) is 0 Å². The number of anilines is 1. The lowest BCUT2D eigenvalue weighted by atomic mass is 10.1. The van der Waals surface area contributed by atoms with Crippen LogP contribution in [-0.2, 0) is 13.6 Å². The van der Waals surface area contributed by atoms with Crippen LogP contribution in [0.3, 0.4) is 0 Å². The maximum Gasteiger partial charge on any atom is 0.248 e. The van der Waals surface area contributed by atoms with Crippen LogP contribution >= 0.6 is 0 Å². The first kappa shape index (κ1) is 14.0. The Bertz CT molecular complexity index is 663. The SMILES string of the molecule is Cc1nn(C)cc1CNc1cc(C(N)=O)cc(F)c1C. The number of hydrogen-bond acceptors (Lipinski definition) is 3. The summed E-state index contributed by atoms with van der Waals surface area (Å²) in [5.41, 5.74) is 8.27. The number of rotatable bonds is 4. The van der Waals surface area contributed by atoms with Crippen molar-refractivity contribution in [2.24, 2.45) is 12.8 Å². The van der Waals surface area contributed by atoms with Gasteiger partial charge in [0.25, 0.3) is 0 Å². The van der Waals surface area contributed by atoms with Gasteiger partial charge in [-0.25, -0.2) is 4.39 Å². The smallest absolute Gasteiger partial charge is 0.248 e. The van der Waals surface area contributed by atoms with Gasteiger partial charge in [-0.3, -0.25) is 9.48 Å². The zero-order valence-corrected chi connectivity index (χ0v) is 11.7. The quantitative estimate of drug-likeness (QED) is 0.895. The van der Waals surface area contributed by atoms with E-state index in [4.69, 9.17) is 5.73 Å². The minimum atomic E-state index is -0.649. The number of halogens is 1. The fourth-order valence-electron chi connectivity index (χ4n) is 2.02. The molecule has 0 saturated carbocycles. The lowest BCUT2D eigenvalue weighted by Crippen LogP contribution is -2.13. The largest absolute Gasteiger partial charge is 0.381 e. The summed E-state index contributed by atoms with van der Waals surface area (Å²) in [5, 5.41) is 7.36. The van der Waals surface area contributed by atoms with E-state index in [1.165, 1.54) is 0 Å². The molecule has 106 valence electrons. The number of benzene rings is 1. The van der Waals surface area contributed by atoms with Crippen molar-refractivity contribution in [3.05, 3.63) is 46.5 Å². The number of aryl methyl sites for hydroxylation is 2. The summed E-state index contributed by atoms with van der Waals surface area (Å²) >= 11 is 0. The van der Waals surface area contributed by atoms with Gasteiger partial charge in [0.2, 0.25) is 5.91 Å². The minimum Gasteiger partial charge on any atom is -0.381 e. The third kappa shape index (κ3) is 2.79. The molecule has 20 heavy (non-hydrogen) atoms. The number of amides is 1. The van der Waals surface area contributed by atoms with Crippen molar-refractivity contribution >= 4 is 11.6 Å². The molecular formula is C14H17FN4O. The molecule has 6 heteroatoms. The number of hydrogen-bond donors (Lipinski definition) is 2. The molecule has 3 N–H and O–H groups in total. The van der Waals surface area contributed by atoms with Crippen LogP contribution in [0.2, 0.25) is 0 Å². The summed E-state index contributed by atoms with van der Waals surface area (Å²) in [7, 11) is 1.84. The summed E-state index contributed by atoms with van der Waals surface area (Å²) < 4.78 is 15.5.